The normalized spacial score (nSPS) is 19.3. The molecule has 1 aromatic rings. The lowest BCUT2D eigenvalue weighted by atomic mass is 9.97. The SMILES string of the molecule is COc1ccccc1CN1CC(C(=O)O)CCC1=O. The minimum absolute atomic E-state index is 0.00315. The highest BCUT2D eigenvalue weighted by molar-refractivity contribution is 5.80. The van der Waals surface area contributed by atoms with Crippen molar-refractivity contribution in [3.05, 3.63) is 29.8 Å². The molecule has 1 aromatic carbocycles. The number of rotatable bonds is 4. The number of carboxylic acid groups (broad SMARTS) is 1. The van der Waals surface area contributed by atoms with Gasteiger partial charge in [0.15, 0.2) is 0 Å². The largest absolute Gasteiger partial charge is 0.496 e. The summed E-state index contributed by atoms with van der Waals surface area (Å²) in [5, 5.41) is 9.05. The lowest BCUT2D eigenvalue weighted by Crippen LogP contribution is -2.42. The van der Waals surface area contributed by atoms with Crippen LogP contribution in [0.1, 0.15) is 18.4 Å². The molecule has 5 heteroatoms. The van der Waals surface area contributed by atoms with Crippen LogP contribution in [-0.4, -0.2) is 35.5 Å². The van der Waals surface area contributed by atoms with Gasteiger partial charge in [-0.3, -0.25) is 9.59 Å². The quantitative estimate of drug-likeness (QED) is 0.894. The summed E-state index contributed by atoms with van der Waals surface area (Å²) >= 11 is 0. The van der Waals surface area contributed by atoms with Gasteiger partial charge in [0.05, 0.1) is 13.0 Å². The molecule has 1 atom stereocenters. The number of piperidine rings is 1. The highest BCUT2D eigenvalue weighted by Crippen LogP contribution is 2.24. The van der Waals surface area contributed by atoms with E-state index in [0.29, 0.717) is 25.1 Å². The van der Waals surface area contributed by atoms with E-state index < -0.39 is 11.9 Å². The molecular weight excluding hydrogens is 246 g/mol. The Hall–Kier alpha value is -2.04. The third-order valence-corrected chi connectivity index (χ3v) is 3.40. The van der Waals surface area contributed by atoms with Crippen LogP contribution in [0.5, 0.6) is 5.75 Å². The molecule has 0 bridgehead atoms. The third-order valence-electron chi connectivity index (χ3n) is 3.40. The summed E-state index contributed by atoms with van der Waals surface area (Å²) in [5.41, 5.74) is 0.893. The van der Waals surface area contributed by atoms with Crippen molar-refractivity contribution >= 4 is 11.9 Å². The van der Waals surface area contributed by atoms with E-state index in [9.17, 15) is 9.59 Å². The Bertz CT molecular complexity index is 486. The van der Waals surface area contributed by atoms with Crippen LogP contribution >= 0.6 is 0 Å². The molecule has 0 aliphatic carbocycles. The molecule has 1 unspecified atom stereocenters. The predicted molar refractivity (Wildman–Crippen MR) is 68.8 cm³/mol. The number of benzene rings is 1. The van der Waals surface area contributed by atoms with E-state index in [2.05, 4.69) is 0 Å². The molecule has 1 heterocycles. The first-order valence-electron chi connectivity index (χ1n) is 6.24. The van der Waals surface area contributed by atoms with Crippen LogP contribution in [-0.2, 0) is 16.1 Å². The van der Waals surface area contributed by atoms with Crippen LogP contribution in [0.3, 0.4) is 0 Å². The number of hydrogen-bond donors (Lipinski definition) is 1. The molecule has 0 saturated carbocycles. The number of carbonyl (C=O) groups is 2. The number of ether oxygens (including phenoxy) is 1. The molecule has 102 valence electrons. The number of aliphatic carboxylic acids is 1. The van der Waals surface area contributed by atoms with E-state index in [-0.39, 0.29) is 12.5 Å². The second-order valence-electron chi connectivity index (χ2n) is 4.66. The van der Waals surface area contributed by atoms with Gasteiger partial charge in [-0.05, 0) is 12.5 Å². The molecule has 1 amide bonds. The molecule has 0 spiro atoms. The zero-order chi connectivity index (χ0) is 13.8. The highest BCUT2D eigenvalue weighted by atomic mass is 16.5. The van der Waals surface area contributed by atoms with Crippen molar-refractivity contribution in [1.29, 1.82) is 0 Å². The Labute approximate surface area is 111 Å². The minimum atomic E-state index is -0.836. The van der Waals surface area contributed by atoms with Crippen LogP contribution in [0, 0.1) is 5.92 Å². The minimum Gasteiger partial charge on any atom is -0.496 e. The van der Waals surface area contributed by atoms with Gasteiger partial charge in [-0.15, -0.1) is 0 Å². The van der Waals surface area contributed by atoms with Crippen molar-refractivity contribution in [2.45, 2.75) is 19.4 Å². The van der Waals surface area contributed by atoms with Crippen molar-refractivity contribution < 1.29 is 19.4 Å². The molecule has 1 aliphatic heterocycles. The van der Waals surface area contributed by atoms with Crippen molar-refractivity contribution in [2.75, 3.05) is 13.7 Å². The van der Waals surface area contributed by atoms with Crippen LogP contribution < -0.4 is 4.74 Å². The first-order valence-corrected chi connectivity index (χ1v) is 6.24. The lowest BCUT2D eigenvalue weighted by Gasteiger charge is -2.31. The number of carboxylic acids is 1. The third kappa shape index (κ3) is 3.05. The van der Waals surface area contributed by atoms with Crippen molar-refractivity contribution in [3.63, 3.8) is 0 Å². The van der Waals surface area contributed by atoms with E-state index in [1.165, 1.54) is 0 Å². The molecule has 19 heavy (non-hydrogen) atoms. The van der Waals surface area contributed by atoms with Gasteiger partial charge in [0.1, 0.15) is 5.75 Å². The summed E-state index contributed by atoms with van der Waals surface area (Å²) < 4.78 is 5.24. The number of carbonyl (C=O) groups excluding carboxylic acids is 1. The van der Waals surface area contributed by atoms with Crippen LogP contribution in [0.15, 0.2) is 24.3 Å². The summed E-state index contributed by atoms with van der Waals surface area (Å²) in [4.78, 5) is 24.5. The molecule has 5 nitrogen and oxygen atoms in total. The smallest absolute Gasteiger partial charge is 0.308 e. The Morgan fingerprint density at radius 1 is 1.47 bits per heavy atom. The van der Waals surface area contributed by atoms with E-state index in [1.54, 1.807) is 12.0 Å². The molecule has 0 aromatic heterocycles. The maximum absolute atomic E-state index is 11.9. The average Bonchev–Trinajstić information content (AvgIpc) is 2.41. The van der Waals surface area contributed by atoms with Gasteiger partial charge in [0.25, 0.3) is 0 Å². The highest BCUT2D eigenvalue weighted by Gasteiger charge is 2.30. The second kappa shape index (κ2) is 5.73. The van der Waals surface area contributed by atoms with E-state index in [0.717, 1.165) is 5.56 Å². The standard InChI is InChI=1S/C14H17NO4/c1-19-12-5-3-2-4-10(12)8-15-9-11(14(17)18)6-7-13(15)16/h2-5,11H,6-9H2,1H3,(H,17,18). The molecule has 0 radical (unpaired) electrons. The van der Waals surface area contributed by atoms with E-state index in [4.69, 9.17) is 9.84 Å². The monoisotopic (exact) mass is 263 g/mol. The van der Waals surface area contributed by atoms with Crippen LogP contribution in [0.2, 0.25) is 0 Å². The van der Waals surface area contributed by atoms with Gasteiger partial charge < -0.3 is 14.7 Å². The van der Waals surface area contributed by atoms with Gasteiger partial charge >= 0.3 is 5.97 Å². The maximum Gasteiger partial charge on any atom is 0.308 e. The summed E-state index contributed by atoms with van der Waals surface area (Å²) in [7, 11) is 1.58. The summed E-state index contributed by atoms with van der Waals surface area (Å²) in [5.74, 6) is -0.582. The fourth-order valence-corrected chi connectivity index (χ4v) is 2.31. The second-order valence-corrected chi connectivity index (χ2v) is 4.66. The summed E-state index contributed by atoms with van der Waals surface area (Å²) in [6.45, 7) is 0.666. The zero-order valence-corrected chi connectivity index (χ0v) is 10.8. The molecule has 2 rings (SSSR count). The molecule has 1 N–H and O–H groups in total. The topological polar surface area (TPSA) is 66.8 Å². The Kier molecular flexibility index (Phi) is 4.04. The maximum atomic E-state index is 11.9. The Balaban J connectivity index is 2.12. The average molecular weight is 263 g/mol. The van der Waals surface area contributed by atoms with Crippen molar-refractivity contribution in [1.82, 2.24) is 4.90 Å². The van der Waals surface area contributed by atoms with Gasteiger partial charge in [0.2, 0.25) is 5.91 Å². The fraction of sp³-hybridized carbons (Fsp3) is 0.429. The zero-order valence-electron chi connectivity index (χ0n) is 10.8. The molecule has 1 saturated heterocycles. The Morgan fingerprint density at radius 3 is 2.89 bits per heavy atom. The Morgan fingerprint density at radius 2 is 2.21 bits per heavy atom. The molecule has 1 aliphatic rings. The number of amides is 1. The lowest BCUT2D eigenvalue weighted by molar-refractivity contribution is -0.147. The van der Waals surface area contributed by atoms with Crippen molar-refractivity contribution in [2.24, 2.45) is 5.92 Å². The van der Waals surface area contributed by atoms with E-state index >= 15 is 0 Å². The summed E-state index contributed by atoms with van der Waals surface area (Å²) in [6.07, 6.45) is 0.725. The number of hydrogen-bond acceptors (Lipinski definition) is 3. The number of nitrogens with zero attached hydrogens (tertiary/aromatic N) is 1. The number of likely N-dealkylation sites (tertiary alicyclic amines) is 1. The predicted octanol–water partition coefficient (Wildman–Crippen LogP) is 1.52. The van der Waals surface area contributed by atoms with Gasteiger partial charge in [-0.1, -0.05) is 18.2 Å². The van der Waals surface area contributed by atoms with Gasteiger partial charge in [0, 0.05) is 25.1 Å². The number of methoxy groups -OCH3 is 1. The van der Waals surface area contributed by atoms with E-state index in [1.807, 2.05) is 24.3 Å². The van der Waals surface area contributed by atoms with Crippen molar-refractivity contribution in [3.8, 4) is 5.75 Å². The van der Waals surface area contributed by atoms with Gasteiger partial charge in [-0.25, -0.2) is 0 Å². The number of para-hydroxylation sites is 1. The summed E-state index contributed by atoms with van der Waals surface area (Å²) in [6, 6.07) is 7.45. The van der Waals surface area contributed by atoms with Crippen LogP contribution in [0.4, 0.5) is 0 Å². The van der Waals surface area contributed by atoms with Crippen LogP contribution in [0.25, 0.3) is 0 Å². The molecular formula is C14H17NO4. The van der Waals surface area contributed by atoms with Gasteiger partial charge in [-0.2, -0.15) is 0 Å². The first kappa shape index (κ1) is 13.4. The molecule has 1 fully saturated rings. The fourth-order valence-electron chi connectivity index (χ4n) is 2.31. The first-order chi connectivity index (χ1) is 9.11.